The van der Waals surface area contributed by atoms with Gasteiger partial charge in [0.25, 0.3) is 5.91 Å². The lowest BCUT2D eigenvalue weighted by atomic mass is 10.2. The SMILES string of the molecule is COc1ccc(C=NNC(=O)CN2CCN(S(=O)(=O)c3ccc(C)cc3)CC2)c(OC)c1OC. The maximum atomic E-state index is 12.8. The Morgan fingerprint density at radius 2 is 1.62 bits per heavy atom. The van der Waals surface area contributed by atoms with Gasteiger partial charge in [0, 0.05) is 31.7 Å². The van der Waals surface area contributed by atoms with E-state index in [0.717, 1.165) is 5.56 Å². The van der Waals surface area contributed by atoms with Gasteiger partial charge in [-0.05, 0) is 31.2 Å². The van der Waals surface area contributed by atoms with Crippen LogP contribution in [0.3, 0.4) is 0 Å². The van der Waals surface area contributed by atoms with Crippen molar-refractivity contribution in [1.82, 2.24) is 14.6 Å². The number of amides is 1. The fraction of sp³-hybridized carbons (Fsp3) is 0.391. The minimum absolute atomic E-state index is 0.110. The number of aryl methyl sites for hydroxylation is 1. The van der Waals surface area contributed by atoms with E-state index in [0.29, 0.717) is 49.0 Å². The third kappa shape index (κ3) is 5.85. The fourth-order valence-corrected chi connectivity index (χ4v) is 5.05. The summed E-state index contributed by atoms with van der Waals surface area (Å²) in [5.41, 5.74) is 4.11. The van der Waals surface area contributed by atoms with Gasteiger partial charge >= 0.3 is 0 Å². The van der Waals surface area contributed by atoms with Crippen molar-refractivity contribution >= 4 is 22.1 Å². The molecule has 2 aromatic carbocycles. The van der Waals surface area contributed by atoms with E-state index >= 15 is 0 Å². The van der Waals surface area contributed by atoms with Crippen LogP contribution in [0.25, 0.3) is 0 Å². The normalized spacial score (nSPS) is 15.3. The lowest BCUT2D eigenvalue weighted by Gasteiger charge is -2.33. The van der Waals surface area contributed by atoms with E-state index in [1.165, 1.54) is 31.8 Å². The van der Waals surface area contributed by atoms with Crippen LogP contribution >= 0.6 is 0 Å². The number of piperazine rings is 1. The summed E-state index contributed by atoms with van der Waals surface area (Å²) in [5.74, 6) is 1.08. The predicted octanol–water partition coefficient (Wildman–Crippen LogP) is 1.48. The minimum Gasteiger partial charge on any atom is -0.493 e. The highest BCUT2D eigenvalue weighted by atomic mass is 32.2. The molecule has 11 heteroatoms. The lowest BCUT2D eigenvalue weighted by Crippen LogP contribution is -2.50. The summed E-state index contributed by atoms with van der Waals surface area (Å²) in [7, 11) is 1.00. The molecule has 1 N–H and O–H groups in total. The molecular weight excluding hydrogens is 460 g/mol. The number of nitrogens with one attached hydrogen (secondary N) is 1. The van der Waals surface area contributed by atoms with E-state index in [2.05, 4.69) is 10.5 Å². The van der Waals surface area contributed by atoms with E-state index < -0.39 is 10.0 Å². The second-order valence-corrected chi connectivity index (χ2v) is 9.65. The Hall–Kier alpha value is -3.15. The van der Waals surface area contributed by atoms with Crippen LogP contribution in [0.15, 0.2) is 46.4 Å². The summed E-state index contributed by atoms with van der Waals surface area (Å²) < 4.78 is 43.1. The highest BCUT2D eigenvalue weighted by Gasteiger charge is 2.29. The van der Waals surface area contributed by atoms with Gasteiger partial charge in [-0.15, -0.1) is 0 Å². The van der Waals surface area contributed by atoms with Crippen molar-refractivity contribution in [3.05, 3.63) is 47.5 Å². The molecule has 1 saturated heterocycles. The van der Waals surface area contributed by atoms with Gasteiger partial charge < -0.3 is 14.2 Å². The summed E-state index contributed by atoms with van der Waals surface area (Å²) in [4.78, 5) is 14.5. The molecule has 0 atom stereocenters. The second-order valence-electron chi connectivity index (χ2n) is 7.71. The molecule has 0 bridgehead atoms. The number of hydrazone groups is 1. The monoisotopic (exact) mass is 490 g/mol. The van der Waals surface area contributed by atoms with E-state index in [9.17, 15) is 13.2 Å². The van der Waals surface area contributed by atoms with E-state index in [1.807, 2.05) is 11.8 Å². The molecule has 2 aromatic rings. The maximum Gasteiger partial charge on any atom is 0.254 e. The molecule has 184 valence electrons. The van der Waals surface area contributed by atoms with Gasteiger partial charge in [0.1, 0.15) is 0 Å². The average Bonchev–Trinajstić information content (AvgIpc) is 2.84. The molecule has 0 unspecified atom stereocenters. The van der Waals surface area contributed by atoms with Crippen molar-refractivity contribution in [1.29, 1.82) is 0 Å². The first-order chi connectivity index (χ1) is 16.3. The van der Waals surface area contributed by atoms with Gasteiger partial charge in [0.05, 0.1) is 39.0 Å². The quantitative estimate of drug-likeness (QED) is 0.419. The third-order valence-corrected chi connectivity index (χ3v) is 7.40. The number of ether oxygens (including phenoxy) is 3. The summed E-state index contributed by atoms with van der Waals surface area (Å²) >= 11 is 0. The van der Waals surface area contributed by atoms with Crippen LogP contribution in [0, 0.1) is 6.92 Å². The Morgan fingerprint density at radius 3 is 2.21 bits per heavy atom. The molecule has 1 aliphatic rings. The summed E-state index contributed by atoms with van der Waals surface area (Å²) in [6.07, 6.45) is 1.46. The number of rotatable bonds is 9. The summed E-state index contributed by atoms with van der Waals surface area (Å²) in [6.45, 7) is 3.55. The van der Waals surface area contributed by atoms with Crippen LogP contribution in [0.2, 0.25) is 0 Å². The van der Waals surface area contributed by atoms with E-state index in [1.54, 1.807) is 36.4 Å². The van der Waals surface area contributed by atoms with E-state index in [4.69, 9.17) is 14.2 Å². The fourth-order valence-electron chi connectivity index (χ4n) is 3.63. The van der Waals surface area contributed by atoms with Crippen LogP contribution in [-0.4, -0.2) is 83.8 Å². The first-order valence-electron chi connectivity index (χ1n) is 10.7. The smallest absolute Gasteiger partial charge is 0.254 e. The van der Waals surface area contributed by atoms with Gasteiger partial charge in [-0.1, -0.05) is 17.7 Å². The molecule has 0 spiro atoms. The van der Waals surface area contributed by atoms with Crippen LogP contribution in [0.1, 0.15) is 11.1 Å². The Balaban J connectivity index is 1.53. The molecule has 1 fully saturated rings. The second kappa shape index (κ2) is 11.3. The molecule has 0 aromatic heterocycles. The number of carbonyl (C=O) groups is 1. The Morgan fingerprint density at radius 1 is 0.971 bits per heavy atom. The van der Waals surface area contributed by atoms with Crippen LogP contribution in [-0.2, 0) is 14.8 Å². The van der Waals surface area contributed by atoms with Gasteiger partial charge in [0.15, 0.2) is 11.5 Å². The molecule has 0 radical (unpaired) electrons. The van der Waals surface area contributed by atoms with Crippen molar-refractivity contribution in [2.24, 2.45) is 5.10 Å². The zero-order chi connectivity index (χ0) is 24.7. The van der Waals surface area contributed by atoms with Crippen molar-refractivity contribution in [3.8, 4) is 17.2 Å². The molecule has 0 aliphatic carbocycles. The molecule has 34 heavy (non-hydrogen) atoms. The number of hydrogen-bond donors (Lipinski definition) is 1. The van der Waals surface area contributed by atoms with Gasteiger partial charge in [-0.2, -0.15) is 9.41 Å². The Kier molecular flexibility index (Phi) is 8.48. The van der Waals surface area contributed by atoms with Crippen LogP contribution in [0.5, 0.6) is 17.2 Å². The number of methoxy groups -OCH3 is 3. The first kappa shape index (κ1) is 25.5. The zero-order valence-corrected chi connectivity index (χ0v) is 20.6. The largest absolute Gasteiger partial charge is 0.493 e. The van der Waals surface area contributed by atoms with Crippen molar-refractivity contribution in [3.63, 3.8) is 0 Å². The number of nitrogens with zero attached hydrogens (tertiary/aromatic N) is 3. The van der Waals surface area contributed by atoms with Crippen molar-refractivity contribution in [2.45, 2.75) is 11.8 Å². The maximum absolute atomic E-state index is 12.8. The summed E-state index contributed by atoms with van der Waals surface area (Å²) in [5, 5.41) is 4.01. The van der Waals surface area contributed by atoms with Gasteiger partial charge in [0.2, 0.25) is 15.8 Å². The highest BCUT2D eigenvalue weighted by molar-refractivity contribution is 7.89. The van der Waals surface area contributed by atoms with Crippen molar-refractivity contribution in [2.75, 3.05) is 54.1 Å². The minimum atomic E-state index is -3.54. The predicted molar refractivity (Wildman–Crippen MR) is 128 cm³/mol. The molecular formula is C23H30N4O6S. The number of hydrogen-bond acceptors (Lipinski definition) is 8. The third-order valence-electron chi connectivity index (χ3n) is 5.48. The lowest BCUT2D eigenvalue weighted by molar-refractivity contribution is -0.122. The number of sulfonamides is 1. The number of carbonyl (C=O) groups excluding carboxylic acids is 1. The van der Waals surface area contributed by atoms with Crippen LogP contribution < -0.4 is 19.6 Å². The molecule has 0 saturated carbocycles. The first-order valence-corrected chi connectivity index (χ1v) is 12.1. The molecule has 1 amide bonds. The molecule has 1 aliphatic heterocycles. The molecule has 1 heterocycles. The standard InChI is InChI=1S/C23H30N4O6S/c1-17-5-8-19(9-6-17)34(29,30)27-13-11-26(12-14-27)16-21(28)25-24-15-18-7-10-20(31-2)23(33-4)22(18)32-3/h5-10,15H,11-14,16H2,1-4H3,(H,25,28). The van der Waals surface area contributed by atoms with Gasteiger partial charge in [-0.25, -0.2) is 13.8 Å². The zero-order valence-electron chi connectivity index (χ0n) is 19.8. The van der Waals surface area contributed by atoms with Crippen LogP contribution in [0.4, 0.5) is 0 Å². The van der Waals surface area contributed by atoms with Crippen molar-refractivity contribution < 1.29 is 27.4 Å². The molecule has 3 rings (SSSR count). The highest BCUT2D eigenvalue weighted by Crippen LogP contribution is 2.38. The number of benzene rings is 2. The molecule has 10 nitrogen and oxygen atoms in total. The topological polar surface area (TPSA) is 110 Å². The Labute approximate surface area is 200 Å². The Bertz CT molecular complexity index is 1130. The average molecular weight is 491 g/mol. The van der Waals surface area contributed by atoms with Gasteiger partial charge in [-0.3, -0.25) is 9.69 Å². The van der Waals surface area contributed by atoms with E-state index in [-0.39, 0.29) is 17.3 Å². The summed E-state index contributed by atoms with van der Waals surface area (Å²) in [6, 6.07) is 10.3.